The molecule has 0 unspecified atom stereocenters. The molecule has 0 amide bonds. The Morgan fingerprint density at radius 3 is 2.00 bits per heavy atom. The molecular weight excluding hydrogens is 311 g/mol. The zero-order valence-corrected chi connectivity index (χ0v) is 12.1. The fourth-order valence-electron chi connectivity index (χ4n) is 1.11. The summed E-state index contributed by atoms with van der Waals surface area (Å²) in [4.78, 5) is -0.137. The molecule has 0 saturated carbocycles. The topological polar surface area (TPSA) is 54.4 Å². The van der Waals surface area contributed by atoms with Gasteiger partial charge in [0.25, 0.3) is 10.1 Å². The summed E-state index contributed by atoms with van der Waals surface area (Å²) in [7, 11) is -4.13. The lowest BCUT2D eigenvalue weighted by Gasteiger charge is -2.07. The van der Waals surface area contributed by atoms with Crippen LogP contribution < -0.4 is 0 Å². The normalized spacial score (nSPS) is 12.8. The summed E-state index contributed by atoms with van der Waals surface area (Å²) >= 11 is 17.2. The van der Waals surface area contributed by atoms with Crippen molar-refractivity contribution in [2.75, 3.05) is 0 Å². The summed E-state index contributed by atoms with van der Waals surface area (Å²) in [5, 5.41) is 0. The number of hydrogen-bond donors (Lipinski definition) is 1. The predicted octanol–water partition coefficient (Wildman–Crippen LogP) is 3.13. The summed E-state index contributed by atoms with van der Waals surface area (Å²) in [6.45, 7) is 0. The van der Waals surface area contributed by atoms with Crippen molar-refractivity contribution in [1.82, 2.24) is 0 Å². The van der Waals surface area contributed by atoms with Crippen molar-refractivity contribution in [1.29, 1.82) is 0 Å². The van der Waals surface area contributed by atoms with E-state index in [0.29, 0.717) is 12.5 Å². The molecular formula is C8H9Cl3O3SSi. The van der Waals surface area contributed by atoms with Crippen molar-refractivity contribution < 1.29 is 13.0 Å². The average molecular weight is 320 g/mol. The van der Waals surface area contributed by atoms with Gasteiger partial charge in [-0.15, -0.1) is 33.2 Å². The van der Waals surface area contributed by atoms with Crippen LogP contribution in [0.25, 0.3) is 0 Å². The van der Waals surface area contributed by atoms with Crippen molar-refractivity contribution >= 4 is 49.4 Å². The van der Waals surface area contributed by atoms with Crippen LogP contribution in [0.2, 0.25) is 6.04 Å². The van der Waals surface area contributed by atoms with Crippen molar-refractivity contribution in [2.45, 2.75) is 17.4 Å². The largest absolute Gasteiger partial charge is 0.341 e. The van der Waals surface area contributed by atoms with Gasteiger partial charge in [0, 0.05) is 0 Å². The van der Waals surface area contributed by atoms with Crippen LogP contribution in [0.5, 0.6) is 0 Å². The van der Waals surface area contributed by atoms with Crippen LogP contribution in [0, 0.1) is 0 Å². The number of hydrogen-bond acceptors (Lipinski definition) is 2. The van der Waals surface area contributed by atoms with Gasteiger partial charge in [-0.2, -0.15) is 8.42 Å². The molecule has 0 aliphatic heterocycles. The fraction of sp³-hybridized carbons (Fsp3) is 0.250. The van der Waals surface area contributed by atoms with Crippen molar-refractivity contribution in [3.63, 3.8) is 0 Å². The summed E-state index contributed by atoms with van der Waals surface area (Å²) in [6, 6.07) is 3.66. The van der Waals surface area contributed by atoms with Gasteiger partial charge in [-0.1, -0.05) is 12.1 Å². The van der Waals surface area contributed by atoms with Gasteiger partial charge in [0.1, 0.15) is 0 Å². The second kappa shape index (κ2) is 5.24. The van der Waals surface area contributed by atoms with Gasteiger partial charge in [-0.05, 0) is 30.2 Å². The number of aryl methyl sites for hydroxylation is 1. The lowest BCUT2D eigenvalue weighted by molar-refractivity contribution is 0.483. The zero-order valence-electron chi connectivity index (χ0n) is 8.03. The molecule has 1 aromatic rings. The summed E-state index contributed by atoms with van der Waals surface area (Å²) in [6.07, 6.45) is 0.578. The van der Waals surface area contributed by atoms with Crippen molar-refractivity contribution in [3.8, 4) is 0 Å². The Kier molecular flexibility index (Phi) is 4.68. The molecule has 0 spiro atoms. The van der Waals surface area contributed by atoms with E-state index >= 15 is 0 Å². The molecule has 8 heteroatoms. The molecule has 3 nitrogen and oxygen atoms in total. The second-order valence-corrected chi connectivity index (χ2v) is 13.9. The molecule has 1 aromatic carbocycles. The molecule has 0 aliphatic rings. The predicted molar refractivity (Wildman–Crippen MR) is 68.1 cm³/mol. The fourth-order valence-corrected chi connectivity index (χ4v) is 3.02. The first-order valence-electron chi connectivity index (χ1n) is 4.32. The van der Waals surface area contributed by atoms with E-state index in [1.807, 2.05) is 0 Å². The van der Waals surface area contributed by atoms with E-state index in [2.05, 4.69) is 0 Å². The third-order valence-electron chi connectivity index (χ3n) is 1.92. The molecule has 0 aromatic heterocycles. The molecule has 0 atom stereocenters. The molecule has 0 bridgehead atoms. The van der Waals surface area contributed by atoms with E-state index in [9.17, 15) is 8.42 Å². The second-order valence-electron chi connectivity index (χ2n) is 3.23. The Bertz CT molecular complexity index is 452. The van der Waals surface area contributed by atoms with Crippen LogP contribution in [0.3, 0.4) is 0 Å². The van der Waals surface area contributed by atoms with E-state index in [1.54, 1.807) is 12.1 Å². The Labute approximate surface area is 109 Å². The van der Waals surface area contributed by atoms with E-state index in [4.69, 9.17) is 37.8 Å². The van der Waals surface area contributed by atoms with E-state index < -0.39 is 16.1 Å². The van der Waals surface area contributed by atoms with E-state index in [1.165, 1.54) is 12.1 Å². The van der Waals surface area contributed by atoms with Gasteiger partial charge >= 0.3 is 6.00 Å². The van der Waals surface area contributed by atoms with Gasteiger partial charge in [-0.3, -0.25) is 4.55 Å². The van der Waals surface area contributed by atoms with Crippen LogP contribution >= 0.6 is 33.2 Å². The summed E-state index contributed by atoms with van der Waals surface area (Å²) < 4.78 is 30.3. The minimum atomic E-state index is -4.13. The first kappa shape index (κ1) is 14.3. The maximum absolute atomic E-state index is 10.8. The van der Waals surface area contributed by atoms with Gasteiger partial charge in [0.05, 0.1) is 4.90 Å². The third kappa shape index (κ3) is 5.03. The van der Waals surface area contributed by atoms with Crippen molar-refractivity contribution in [3.05, 3.63) is 29.8 Å². The van der Waals surface area contributed by atoms with Crippen LogP contribution in [0.1, 0.15) is 5.56 Å². The van der Waals surface area contributed by atoms with Crippen LogP contribution in [0.15, 0.2) is 29.2 Å². The quantitative estimate of drug-likeness (QED) is 0.527. The molecule has 1 N–H and O–H groups in total. The first-order chi connectivity index (χ1) is 7.18. The molecule has 0 saturated heterocycles. The Hall–Kier alpha value is 0.217. The average Bonchev–Trinajstić information content (AvgIpc) is 2.13. The molecule has 16 heavy (non-hydrogen) atoms. The van der Waals surface area contributed by atoms with E-state index in [-0.39, 0.29) is 4.90 Å². The van der Waals surface area contributed by atoms with Gasteiger partial charge in [0.15, 0.2) is 0 Å². The summed E-state index contributed by atoms with van der Waals surface area (Å²) in [5.41, 5.74) is 0.867. The minimum absolute atomic E-state index is 0.137. The molecule has 90 valence electrons. The molecule has 0 aliphatic carbocycles. The summed E-state index contributed by atoms with van der Waals surface area (Å²) in [5.74, 6) is 0. The van der Waals surface area contributed by atoms with Gasteiger partial charge < -0.3 is 0 Å². The molecule has 0 fully saturated rings. The molecule has 0 radical (unpaired) electrons. The van der Waals surface area contributed by atoms with Crippen LogP contribution in [0.4, 0.5) is 0 Å². The number of benzene rings is 1. The number of halogens is 3. The van der Waals surface area contributed by atoms with Crippen molar-refractivity contribution in [2.24, 2.45) is 0 Å². The smallest absolute Gasteiger partial charge is 0.282 e. The highest BCUT2D eigenvalue weighted by molar-refractivity contribution is 7.85. The Morgan fingerprint density at radius 2 is 1.62 bits per heavy atom. The first-order valence-corrected chi connectivity index (χ1v) is 11.0. The zero-order chi connectivity index (χ0) is 12.4. The van der Waals surface area contributed by atoms with Crippen LogP contribution in [-0.4, -0.2) is 19.0 Å². The van der Waals surface area contributed by atoms with Gasteiger partial charge in [-0.25, -0.2) is 0 Å². The maximum Gasteiger partial charge on any atom is 0.341 e. The Balaban J connectivity index is 2.73. The van der Waals surface area contributed by atoms with Gasteiger partial charge in [0.2, 0.25) is 0 Å². The molecule has 1 rings (SSSR count). The highest BCUT2D eigenvalue weighted by atomic mass is 35.8. The number of rotatable bonds is 4. The SMILES string of the molecule is O=S(=O)(O)c1ccc(CC[Si](Cl)(Cl)Cl)cc1. The van der Waals surface area contributed by atoms with Crippen LogP contribution in [-0.2, 0) is 16.5 Å². The monoisotopic (exact) mass is 318 g/mol. The Morgan fingerprint density at radius 1 is 1.12 bits per heavy atom. The highest BCUT2D eigenvalue weighted by Crippen LogP contribution is 2.26. The molecule has 0 heterocycles. The van der Waals surface area contributed by atoms with E-state index in [0.717, 1.165) is 5.56 Å². The third-order valence-corrected chi connectivity index (χ3v) is 5.30. The highest BCUT2D eigenvalue weighted by Gasteiger charge is 2.24. The lowest BCUT2D eigenvalue weighted by atomic mass is 10.2. The minimum Gasteiger partial charge on any atom is -0.282 e. The lowest BCUT2D eigenvalue weighted by Crippen LogP contribution is -2.09. The standard InChI is InChI=1S/C8H9Cl3O3SSi/c9-16(10,11)6-5-7-1-3-8(4-2-7)15(12,13)14/h1-4H,5-6H2,(H,12,13,14). The maximum atomic E-state index is 10.8.